The smallest absolute Gasteiger partial charge is 0.229 e. The number of ether oxygens (including phenoxy) is 3. The minimum atomic E-state index is -1.64. The van der Waals surface area contributed by atoms with E-state index in [0.717, 1.165) is 19.3 Å². The van der Waals surface area contributed by atoms with Crippen molar-refractivity contribution in [3.8, 4) is 17.2 Å². The summed E-state index contributed by atoms with van der Waals surface area (Å²) in [5, 5.41) is 54.6. The highest BCUT2D eigenvalue weighted by Crippen LogP contribution is 2.43. The van der Waals surface area contributed by atoms with E-state index in [2.05, 4.69) is 0 Å². The summed E-state index contributed by atoms with van der Waals surface area (Å²) in [6.45, 7) is 3.05. The van der Waals surface area contributed by atoms with Crippen LogP contribution in [0.25, 0.3) is 10.8 Å². The maximum absolute atomic E-state index is 12.2. The monoisotopic (exact) mass is 476 g/mol. The van der Waals surface area contributed by atoms with Crippen LogP contribution in [-0.2, 0) is 4.74 Å². The number of aromatic hydroxyl groups is 1. The summed E-state index contributed by atoms with van der Waals surface area (Å²) in [5.74, 6) is -0.166. The van der Waals surface area contributed by atoms with Gasteiger partial charge in [0, 0.05) is 6.07 Å². The van der Waals surface area contributed by atoms with Gasteiger partial charge in [0.1, 0.15) is 41.7 Å². The number of rotatable bonds is 5. The van der Waals surface area contributed by atoms with Crippen LogP contribution in [0.4, 0.5) is 0 Å². The Hall–Kier alpha value is -2.43. The molecule has 5 N–H and O–H groups in total. The molecule has 1 saturated carbocycles. The molecule has 0 unspecified atom stereocenters. The van der Waals surface area contributed by atoms with E-state index < -0.39 is 36.3 Å². The number of phenols is 1. The van der Waals surface area contributed by atoms with Crippen LogP contribution in [0, 0.1) is 6.92 Å². The predicted molar refractivity (Wildman–Crippen MR) is 122 cm³/mol. The number of benzene rings is 2. The van der Waals surface area contributed by atoms with Crippen LogP contribution in [0.15, 0.2) is 18.2 Å². The lowest BCUT2D eigenvalue weighted by Crippen LogP contribution is -2.65. The Morgan fingerprint density at radius 1 is 1.06 bits per heavy atom. The fraction of sp³-hybridized carbons (Fsp3) is 0.560. The average Bonchev–Trinajstić information content (AvgIpc) is 2.78. The highest BCUT2D eigenvalue weighted by atomic mass is 16.7. The molecule has 2 aliphatic rings. The van der Waals surface area contributed by atoms with E-state index in [1.807, 2.05) is 0 Å². The standard InChI is InChI=1S/C25H32O9/c1-12-9-14-10-15(32-3)11-16(18(14)19(27)17(12)13(2)26)33-24-22(30)20(28)21(29)23(34-24)25(31)7-5-4-6-8-25/h9-11,20-24,27-31H,4-8H2,1-3H3/t20-,21-,22+,23-,24+/m0/s1. The maximum Gasteiger partial charge on any atom is 0.229 e. The number of carbonyl (C=O) groups excluding carboxylic acids is 1. The number of aliphatic hydroxyl groups is 4. The fourth-order valence-corrected chi connectivity index (χ4v) is 5.21. The molecule has 5 atom stereocenters. The van der Waals surface area contributed by atoms with Crippen LogP contribution >= 0.6 is 0 Å². The molecule has 2 fully saturated rings. The normalized spacial score (nSPS) is 29.1. The Balaban J connectivity index is 1.77. The number of Topliss-reactive ketones (excluding diaryl/α,β-unsaturated/α-hetero) is 1. The summed E-state index contributed by atoms with van der Waals surface area (Å²) < 4.78 is 17.2. The second kappa shape index (κ2) is 9.31. The van der Waals surface area contributed by atoms with Crippen molar-refractivity contribution in [2.75, 3.05) is 7.11 Å². The quantitative estimate of drug-likeness (QED) is 0.409. The Morgan fingerprint density at radius 3 is 2.35 bits per heavy atom. The molecule has 0 spiro atoms. The zero-order valence-electron chi connectivity index (χ0n) is 19.5. The minimum absolute atomic E-state index is 0.0522. The van der Waals surface area contributed by atoms with E-state index in [1.165, 1.54) is 20.1 Å². The summed E-state index contributed by atoms with van der Waals surface area (Å²) >= 11 is 0. The van der Waals surface area contributed by atoms with Gasteiger partial charge in [-0.3, -0.25) is 4.79 Å². The van der Waals surface area contributed by atoms with Crippen molar-refractivity contribution in [3.05, 3.63) is 29.3 Å². The van der Waals surface area contributed by atoms with E-state index in [4.69, 9.17) is 14.2 Å². The van der Waals surface area contributed by atoms with Crippen molar-refractivity contribution < 1.29 is 44.5 Å². The van der Waals surface area contributed by atoms with Gasteiger partial charge in [-0.25, -0.2) is 0 Å². The van der Waals surface area contributed by atoms with Gasteiger partial charge in [-0.1, -0.05) is 25.3 Å². The third kappa shape index (κ3) is 4.23. The van der Waals surface area contributed by atoms with Gasteiger partial charge < -0.3 is 39.7 Å². The number of hydrogen-bond donors (Lipinski definition) is 5. The molecule has 0 amide bonds. The lowest BCUT2D eigenvalue weighted by atomic mass is 9.76. The minimum Gasteiger partial charge on any atom is -0.506 e. The van der Waals surface area contributed by atoms with Gasteiger partial charge in [0.25, 0.3) is 0 Å². The molecule has 9 heteroatoms. The van der Waals surface area contributed by atoms with E-state index in [-0.39, 0.29) is 28.2 Å². The van der Waals surface area contributed by atoms with Crippen LogP contribution < -0.4 is 9.47 Å². The first-order valence-electron chi connectivity index (χ1n) is 11.5. The molecule has 4 rings (SSSR count). The zero-order valence-corrected chi connectivity index (χ0v) is 19.5. The molecular formula is C25H32O9. The SMILES string of the molecule is COc1cc(O[C@@H]2O[C@H](C3(O)CCCCC3)[C@@H](O)[C@H](O)[C@H]2O)c2c(O)c(C(C)=O)c(C)cc2c1. The molecule has 34 heavy (non-hydrogen) atoms. The first-order valence-corrected chi connectivity index (χ1v) is 11.5. The summed E-state index contributed by atoms with van der Waals surface area (Å²) in [5.41, 5.74) is -0.668. The van der Waals surface area contributed by atoms with Gasteiger partial charge >= 0.3 is 0 Å². The first-order chi connectivity index (χ1) is 16.1. The molecule has 9 nitrogen and oxygen atoms in total. The Bertz CT molecular complexity index is 1080. The van der Waals surface area contributed by atoms with Gasteiger partial charge in [-0.15, -0.1) is 0 Å². The topological polar surface area (TPSA) is 146 Å². The van der Waals surface area contributed by atoms with E-state index in [9.17, 15) is 30.3 Å². The first kappa shape index (κ1) is 24.7. The van der Waals surface area contributed by atoms with Gasteiger partial charge in [-0.05, 0) is 43.7 Å². The van der Waals surface area contributed by atoms with Gasteiger partial charge in [-0.2, -0.15) is 0 Å². The molecule has 0 radical (unpaired) electrons. The zero-order chi connectivity index (χ0) is 24.8. The van der Waals surface area contributed by atoms with Crippen molar-refractivity contribution in [1.82, 2.24) is 0 Å². The van der Waals surface area contributed by atoms with Crippen LogP contribution in [0.3, 0.4) is 0 Å². The second-order valence-electron chi connectivity index (χ2n) is 9.38. The van der Waals surface area contributed by atoms with E-state index >= 15 is 0 Å². The summed E-state index contributed by atoms with van der Waals surface area (Å²) in [7, 11) is 1.46. The molecule has 1 aliphatic carbocycles. The molecule has 186 valence electrons. The molecule has 1 saturated heterocycles. The maximum atomic E-state index is 12.2. The lowest BCUT2D eigenvalue weighted by Gasteiger charge is -2.48. The molecule has 0 bridgehead atoms. The summed E-state index contributed by atoms with van der Waals surface area (Å²) in [6.07, 6.45) is -4.23. The molecule has 2 aromatic carbocycles. The van der Waals surface area contributed by atoms with Crippen molar-refractivity contribution in [2.24, 2.45) is 0 Å². The number of fused-ring (bicyclic) bond motifs is 1. The predicted octanol–water partition coefficient (Wildman–Crippen LogP) is 1.95. The number of hydrogen-bond acceptors (Lipinski definition) is 9. The van der Waals surface area contributed by atoms with Crippen molar-refractivity contribution in [3.63, 3.8) is 0 Å². The number of methoxy groups -OCH3 is 1. The van der Waals surface area contributed by atoms with Crippen molar-refractivity contribution in [1.29, 1.82) is 0 Å². The van der Waals surface area contributed by atoms with Crippen LogP contribution in [0.5, 0.6) is 17.2 Å². The van der Waals surface area contributed by atoms with Gasteiger partial charge in [0.2, 0.25) is 6.29 Å². The third-order valence-electron chi connectivity index (χ3n) is 7.00. The highest BCUT2D eigenvalue weighted by Gasteiger charge is 2.53. The van der Waals surface area contributed by atoms with E-state index in [0.29, 0.717) is 29.5 Å². The molecular weight excluding hydrogens is 444 g/mol. The highest BCUT2D eigenvalue weighted by molar-refractivity contribution is 6.07. The van der Waals surface area contributed by atoms with E-state index in [1.54, 1.807) is 19.1 Å². The largest absolute Gasteiger partial charge is 0.506 e. The van der Waals surface area contributed by atoms with Crippen LogP contribution in [0.2, 0.25) is 0 Å². The van der Waals surface area contributed by atoms with Gasteiger partial charge in [0.05, 0.1) is 23.7 Å². The molecule has 1 heterocycles. The average molecular weight is 477 g/mol. The number of carbonyl (C=O) groups is 1. The molecule has 2 aromatic rings. The number of phenolic OH excluding ortho intramolecular Hbond substituents is 1. The van der Waals surface area contributed by atoms with Gasteiger partial charge in [0.15, 0.2) is 5.78 Å². The third-order valence-corrected chi connectivity index (χ3v) is 7.00. The van der Waals surface area contributed by atoms with Crippen molar-refractivity contribution >= 4 is 16.6 Å². The molecule has 1 aliphatic heterocycles. The Morgan fingerprint density at radius 2 is 1.74 bits per heavy atom. The summed E-state index contributed by atoms with van der Waals surface area (Å²) in [4.78, 5) is 12.2. The van der Waals surface area contributed by atoms with Crippen LogP contribution in [-0.4, -0.2) is 74.7 Å². The Kier molecular flexibility index (Phi) is 6.76. The Labute approximate surface area is 197 Å². The fourth-order valence-electron chi connectivity index (χ4n) is 5.21. The number of ketones is 1. The van der Waals surface area contributed by atoms with Crippen LogP contribution in [0.1, 0.15) is 54.9 Å². The number of aryl methyl sites for hydroxylation is 1. The second-order valence-corrected chi connectivity index (χ2v) is 9.38. The molecule has 0 aromatic heterocycles. The lowest BCUT2D eigenvalue weighted by molar-refractivity contribution is -0.308. The van der Waals surface area contributed by atoms with Crippen molar-refractivity contribution in [2.45, 2.75) is 82.3 Å². The summed E-state index contributed by atoms with van der Waals surface area (Å²) in [6, 6.07) is 4.85. The number of aliphatic hydroxyl groups excluding tert-OH is 3.